The van der Waals surface area contributed by atoms with E-state index in [0.717, 1.165) is 5.56 Å². The van der Waals surface area contributed by atoms with Gasteiger partial charge in [0.15, 0.2) is 0 Å². The van der Waals surface area contributed by atoms with Crippen molar-refractivity contribution in [2.24, 2.45) is 11.8 Å². The van der Waals surface area contributed by atoms with Gasteiger partial charge >= 0.3 is 6.09 Å². The Balaban J connectivity index is 1.41. The summed E-state index contributed by atoms with van der Waals surface area (Å²) in [5, 5.41) is 10.3. The average Bonchev–Trinajstić information content (AvgIpc) is 3.21. The highest BCUT2D eigenvalue weighted by atomic mass is 35.5. The molecule has 1 aromatic rings. The van der Waals surface area contributed by atoms with Crippen LogP contribution in [0.2, 0.25) is 5.02 Å². The van der Waals surface area contributed by atoms with E-state index in [4.69, 9.17) is 11.6 Å². The van der Waals surface area contributed by atoms with Gasteiger partial charge in [0.05, 0.1) is 6.04 Å². The number of benzene rings is 1. The number of carbonyl (C=O) groups excluding carboxylic acids is 2. The number of hydrogen-bond donors (Lipinski definition) is 1. The molecule has 2 aliphatic heterocycles. The average molecular weight is 480 g/mol. The van der Waals surface area contributed by atoms with E-state index in [2.05, 4.69) is 0 Å². The second-order valence-corrected chi connectivity index (χ2v) is 9.84. The van der Waals surface area contributed by atoms with Crippen molar-refractivity contribution in [2.75, 3.05) is 32.7 Å². The van der Waals surface area contributed by atoms with Gasteiger partial charge in [0.1, 0.15) is 6.17 Å². The van der Waals surface area contributed by atoms with Crippen LogP contribution in [0.4, 0.5) is 9.18 Å². The zero-order valence-corrected chi connectivity index (χ0v) is 19.6. The number of halogens is 2. The Morgan fingerprint density at radius 2 is 1.64 bits per heavy atom. The maximum Gasteiger partial charge on any atom is 0.407 e. The highest BCUT2D eigenvalue weighted by Crippen LogP contribution is 2.35. The zero-order chi connectivity index (χ0) is 23.7. The van der Waals surface area contributed by atoms with Crippen LogP contribution < -0.4 is 0 Å². The summed E-state index contributed by atoms with van der Waals surface area (Å²) in [6, 6.07) is 7.05. The van der Waals surface area contributed by atoms with Crippen LogP contribution in [0.3, 0.4) is 0 Å². The van der Waals surface area contributed by atoms with Crippen LogP contribution in [0, 0.1) is 11.8 Å². The molecule has 33 heavy (non-hydrogen) atoms. The first-order valence-corrected chi connectivity index (χ1v) is 12.1. The molecule has 1 aliphatic carbocycles. The van der Waals surface area contributed by atoms with Crippen molar-refractivity contribution >= 4 is 29.5 Å². The summed E-state index contributed by atoms with van der Waals surface area (Å²) in [5.74, 6) is -0.482. The number of rotatable bonds is 5. The van der Waals surface area contributed by atoms with Crippen molar-refractivity contribution in [3.8, 4) is 0 Å². The normalized spacial score (nSPS) is 27.8. The molecular formula is C24H31ClFN3O4. The molecule has 0 unspecified atom stereocenters. The SMILES string of the molecule is CCN(C(=O)O)[C@@H]1CN(C(=O)C2CCN(C(=O)C3CC(F)C3)CC2)C[C@H]1c1ccc(Cl)cc1. The number of hydrogen-bond acceptors (Lipinski definition) is 3. The largest absolute Gasteiger partial charge is 0.465 e. The van der Waals surface area contributed by atoms with E-state index in [1.807, 2.05) is 12.1 Å². The highest BCUT2D eigenvalue weighted by molar-refractivity contribution is 6.30. The van der Waals surface area contributed by atoms with Crippen LogP contribution in [-0.2, 0) is 9.59 Å². The topological polar surface area (TPSA) is 81.2 Å². The number of nitrogens with zero attached hydrogens (tertiary/aromatic N) is 3. The molecule has 0 bridgehead atoms. The molecule has 7 nitrogen and oxygen atoms in total. The van der Waals surface area contributed by atoms with Crippen LogP contribution in [0.15, 0.2) is 24.3 Å². The number of likely N-dealkylation sites (N-methyl/N-ethyl adjacent to an activating group) is 1. The lowest BCUT2D eigenvalue weighted by Gasteiger charge is -2.38. The van der Waals surface area contributed by atoms with Gasteiger partial charge in [-0.05, 0) is 50.3 Å². The van der Waals surface area contributed by atoms with Gasteiger partial charge in [0.2, 0.25) is 11.8 Å². The number of alkyl halides is 1. The fraction of sp³-hybridized carbons (Fsp3) is 0.625. The van der Waals surface area contributed by atoms with Crippen LogP contribution in [-0.4, -0.2) is 82.7 Å². The molecule has 3 aliphatic rings. The molecule has 0 radical (unpaired) electrons. The molecule has 3 amide bonds. The Labute approximate surface area is 198 Å². The molecule has 1 aromatic carbocycles. The third-order valence-corrected chi connectivity index (χ3v) is 7.72. The van der Waals surface area contributed by atoms with E-state index in [1.54, 1.807) is 28.9 Å². The van der Waals surface area contributed by atoms with Crippen LogP contribution in [0.25, 0.3) is 0 Å². The Kier molecular flexibility index (Phi) is 7.12. The van der Waals surface area contributed by atoms with Crippen molar-refractivity contribution in [1.82, 2.24) is 14.7 Å². The van der Waals surface area contributed by atoms with Crippen molar-refractivity contribution in [3.05, 3.63) is 34.9 Å². The summed E-state index contributed by atoms with van der Waals surface area (Å²) < 4.78 is 13.1. The quantitative estimate of drug-likeness (QED) is 0.699. The summed E-state index contributed by atoms with van der Waals surface area (Å²) >= 11 is 6.03. The second-order valence-electron chi connectivity index (χ2n) is 9.40. The van der Waals surface area contributed by atoms with Crippen LogP contribution >= 0.6 is 11.6 Å². The van der Waals surface area contributed by atoms with Gasteiger partial charge in [0.25, 0.3) is 0 Å². The number of likely N-dealkylation sites (tertiary alicyclic amines) is 2. The predicted octanol–water partition coefficient (Wildman–Crippen LogP) is 3.62. The minimum atomic E-state index is -0.992. The lowest BCUT2D eigenvalue weighted by atomic mass is 9.82. The lowest BCUT2D eigenvalue weighted by molar-refractivity contribution is -0.145. The van der Waals surface area contributed by atoms with Crippen molar-refractivity contribution in [3.63, 3.8) is 0 Å². The maximum absolute atomic E-state index is 13.4. The Morgan fingerprint density at radius 3 is 2.18 bits per heavy atom. The predicted molar refractivity (Wildman–Crippen MR) is 122 cm³/mol. The van der Waals surface area contributed by atoms with E-state index in [-0.39, 0.29) is 35.6 Å². The van der Waals surface area contributed by atoms with Crippen molar-refractivity contribution in [1.29, 1.82) is 0 Å². The van der Waals surface area contributed by atoms with Crippen LogP contribution in [0.1, 0.15) is 44.1 Å². The molecular weight excluding hydrogens is 449 g/mol. The standard InChI is InChI=1S/C24H31ClFN3O4/c1-2-29(24(32)33)21-14-28(13-20(21)15-3-5-18(25)6-4-15)22(30)16-7-9-27(10-8-16)23(31)17-11-19(26)12-17/h3-6,16-17,19-21H,2,7-14H2,1H3,(H,32,33)/t17?,19?,20-,21+/m0/s1. The minimum absolute atomic E-state index is 0.0129. The maximum atomic E-state index is 13.4. The summed E-state index contributed by atoms with van der Waals surface area (Å²) in [7, 11) is 0. The second kappa shape index (κ2) is 9.87. The molecule has 2 heterocycles. The Bertz CT molecular complexity index is 884. The molecule has 0 spiro atoms. The molecule has 1 N–H and O–H groups in total. The van der Waals surface area contributed by atoms with Gasteiger partial charge < -0.3 is 19.8 Å². The summed E-state index contributed by atoms with van der Waals surface area (Å²) in [4.78, 5) is 42.7. The fourth-order valence-corrected chi connectivity index (χ4v) is 5.57. The number of piperidine rings is 1. The molecule has 0 aromatic heterocycles. The first-order chi connectivity index (χ1) is 15.8. The Hall–Kier alpha value is -2.35. The highest BCUT2D eigenvalue weighted by Gasteiger charge is 2.43. The zero-order valence-electron chi connectivity index (χ0n) is 18.8. The van der Waals surface area contributed by atoms with Gasteiger partial charge in [-0.25, -0.2) is 9.18 Å². The van der Waals surface area contributed by atoms with E-state index in [1.165, 1.54) is 4.90 Å². The molecule has 3 fully saturated rings. The third-order valence-electron chi connectivity index (χ3n) is 7.47. The molecule has 4 rings (SSSR count). The molecule has 180 valence electrons. The first kappa shape index (κ1) is 23.8. The molecule has 2 saturated heterocycles. The van der Waals surface area contributed by atoms with E-state index < -0.39 is 12.3 Å². The van der Waals surface area contributed by atoms with E-state index in [9.17, 15) is 23.9 Å². The van der Waals surface area contributed by atoms with Gasteiger partial charge in [0, 0.05) is 55.5 Å². The van der Waals surface area contributed by atoms with Crippen LogP contribution in [0.5, 0.6) is 0 Å². The van der Waals surface area contributed by atoms with Gasteiger partial charge in [-0.3, -0.25) is 9.59 Å². The van der Waals surface area contributed by atoms with E-state index >= 15 is 0 Å². The lowest BCUT2D eigenvalue weighted by Crippen LogP contribution is -2.48. The fourth-order valence-electron chi connectivity index (χ4n) is 5.44. The number of carboxylic acid groups (broad SMARTS) is 1. The molecule has 2 atom stereocenters. The van der Waals surface area contributed by atoms with E-state index in [0.29, 0.717) is 63.4 Å². The van der Waals surface area contributed by atoms with Gasteiger partial charge in [-0.1, -0.05) is 23.7 Å². The minimum Gasteiger partial charge on any atom is -0.465 e. The molecule has 1 saturated carbocycles. The molecule has 9 heteroatoms. The summed E-state index contributed by atoms with van der Waals surface area (Å²) in [5.41, 5.74) is 0.964. The smallest absolute Gasteiger partial charge is 0.407 e. The number of carbonyl (C=O) groups is 3. The number of amides is 3. The monoisotopic (exact) mass is 479 g/mol. The first-order valence-electron chi connectivity index (χ1n) is 11.7. The third kappa shape index (κ3) is 4.95. The van der Waals surface area contributed by atoms with Gasteiger partial charge in [-0.2, -0.15) is 0 Å². The van der Waals surface area contributed by atoms with Gasteiger partial charge in [-0.15, -0.1) is 0 Å². The van der Waals surface area contributed by atoms with Crippen molar-refractivity contribution in [2.45, 2.75) is 50.7 Å². The van der Waals surface area contributed by atoms with Crippen molar-refractivity contribution < 1.29 is 23.9 Å². The Morgan fingerprint density at radius 1 is 1.03 bits per heavy atom. The summed E-state index contributed by atoms with van der Waals surface area (Å²) in [6.45, 7) is 3.97. The summed E-state index contributed by atoms with van der Waals surface area (Å²) in [6.07, 6.45) is -0.0521.